The molecule has 0 fully saturated rings. The molecule has 2 N–H and O–H groups in total. The van der Waals surface area contributed by atoms with E-state index in [1.54, 1.807) is 18.2 Å². The number of pyridine rings is 1. The predicted molar refractivity (Wildman–Crippen MR) is 160 cm³/mol. The summed E-state index contributed by atoms with van der Waals surface area (Å²) in [6, 6.07) is 15.0. The van der Waals surface area contributed by atoms with Crippen molar-refractivity contribution in [2.75, 3.05) is 27.2 Å². The lowest BCUT2D eigenvalue weighted by Gasteiger charge is -2.13. The van der Waals surface area contributed by atoms with E-state index in [1.165, 1.54) is 0 Å². The largest absolute Gasteiger partial charge is 0.508 e. The predicted octanol–water partition coefficient (Wildman–Crippen LogP) is 6.69. The first-order valence-corrected chi connectivity index (χ1v) is 13.4. The van der Waals surface area contributed by atoms with Crippen LogP contribution in [0.1, 0.15) is 23.1 Å². The first kappa shape index (κ1) is 25.8. The lowest BCUT2D eigenvalue weighted by atomic mass is 9.96. The number of aryl methyl sites for hydroxylation is 3. The van der Waals surface area contributed by atoms with Crippen LogP contribution >= 0.6 is 0 Å². The van der Waals surface area contributed by atoms with Crippen LogP contribution < -0.4 is 10.4 Å². The van der Waals surface area contributed by atoms with E-state index in [2.05, 4.69) is 4.90 Å². The Balaban J connectivity index is 1.72. The summed E-state index contributed by atoms with van der Waals surface area (Å²) in [6.07, 6.45) is 2.71. The number of aromatic hydroxyl groups is 2. The van der Waals surface area contributed by atoms with Crippen LogP contribution in [0, 0.1) is 20.8 Å². The molecule has 0 aliphatic carbocycles. The van der Waals surface area contributed by atoms with Crippen LogP contribution in [0.25, 0.3) is 49.3 Å². The van der Waals surface area contributed by atoms with E-state index < -0.39 is 5.63 Å². The van der Waals surface area contributed by atoms with Gasteiger partial charge >= 0.3 is 5.63 Å². The lowest BCUT2D eigenvalue weighted by molar-refractivity contribution is 0.280. The second-order valence-electron chi connectivity index (χ2n) is 10.9. The van der Waals surface area contributed by atoms with E-state index in [0.717, 1.165) is 67.8 Å². The minimum absolute atomic E-state index is 0.177. The molecule has 0 saturated carbocycles. The zero-order chi connectivity index (χ0) is 28.3. The van der Waals surface area contributed by atoms with Crippen molar-refractivity contribution in [3.05, 3.63) is 81.8 Å². The Kier molecular flexibility index (Phi) is 6.19. The van der Waals surface area contributed by atoms with E-state index in [-0.39, 0.29) is 11.5 Å². The minimum atomic E-state index is -0.461. The molecule has 7 nitrogen and oxygen atoms in total. The van der Waals surface area contributed by atoms with Crippen LogP contribution in [0.15, 0.2) is 63.9 Å². The number of benzene rings is 3. The maximum Gasteiger partial charge on any atom is 0.361 e. The summed E-state index contributed by atoms with van der Waals surface area (Å²) < 4.78 is 13.9. The summed E-state index contributed by atoms with van der Waals surface area (Å²) in [7, 11) is 4.06. The molecule has 6 rings (SSSR count). The molecular weight excluding hydrogens is 504 g/mol. The SMILES string of the molecule is Cc1ccc(-c2c3c4cc(C)c(OCCCN(C)C)cc4oc(=O)c3n3ccc4cc(O)c(C)cc4c23)cc1O. The molecule has 7 heteroatoms. The summed E-state index contributed by atoms with van der Waals surface area (Å²) >= 11 is 0. The Morgan fingerprint density at radius 3 is 2.38 bits per heavy atom. The molecule has 0 aliphatic heterocycles. The van der Waals surface area contributed by atoms with Crippen molar-refractivity contribution in [1.82, 2.24) is 9.30 Å². The van der Waals surface area contributed by atoms with E-state index in [9.17, 15) is 15.0 Å². The Hall–Kier alpha value is -4.49. The fraction of sp³-hybridized carbons (Fsp3) is 0.242. The van der Waals surface area contributed by atoms with Crippen molar-refractivity contribution in [3.8, 4) is 28.4 Å². The van der Waals surface area contributed by atoms with Gasteiger partial charge in [0.2, 0.25) is 0 Å². The number of hydrogen-bond acceptors (Lipinski definition) is 6. The highest BCUT2D eigenvalue weighted by molar-refractivity contribution is 6.21. The number of rotatable bonds is 6. The van der Waals surface area contributed by atoms with Crippen LogP contribution in [0.4, 0.5) is 0 Å². The summed E-state index contributed by atoms with van der Waals surface area (Å²) in [5.41, 5.74) is 5.23. The number of fused-ring (bicyclic) bond motifs is 7. The Morgan fingerprint density at radius 2 is 1.62 bits per heavy atom. The van der Waals surface area contributed by atoms with Crippen LogP contribution in [0.3, 0.4) is 0 Å². The van der Waals surface area contributed by atoms with E-state index in [4.69, 9.17) is 9.15 Å². The zero-order valence-electron chi connectivity index (χ0n) is 23.3. The van der Waals surface area contributed by atoms with Gasteiger partial charge in [0.05, 0.1) is 12.1 Å². The molecule has 3 aromatic carbocycles. The van der Waals surface area contributed by atoms with Crippen molar-refractivity contribution in [3.63, 3.8) is 0 Å². The molecule has 0 amide bonds. The standard InChI is InChI=1S/C33H32N2O5/c1-18-7-8-22(16-25(18)36)29-30-24-14-20(3)27(39-12-6-10-34(4)5)17-28(24)40-33(38)32(30)35-11-9-21-15-26(37)19(2)13-23(21)31(29)35/h7-9,11,13-17,36-37H,6,10,12H2,1-5H3. The molecule has 0 spiro atoms. The summed E-state index contributed by atoms with van der Waals surface area (Å²) in [5.74, 6) is 1.07. The smallest absolute Gasteiger partial charge is 0.361 e. The van der Waals surface area contributed by atoms with Gasteiger partial charge in [-0.3, -0.25) is 0 Å². The van der Waals surface area contributed by atoms with Crippen LogP contribution in [-0.4, -0.2) is 46.8 Å². The Labute approximate surface area is 231 Å². The Morgan fingerprint density at radius 1 is 0.875 bits per heavy atom. The van der Waals surface area contributed by atoms with Gasteiger partial charge in [-0.15, -0.1) is 0 Å². The van der Waals surface area contributed by atoms with E-state index in [0.29, 0.717) is 23.5 Å². The van der Waals surface area contributed by atoms with Crippen molar-refractivity contribution >= 4 is 38.2 Å². The first-order valence-electron chi connectivity index (χ1n) is 13.4. The third-order valence-corrected chi connectivity index (χ3v) is 7.68. The molecule has 204 valence electrons. The molecule has 3 heterocycles. The molecule has 0 radical (unpaired) electrons. The number of nitrogens with zero attached hydrogens (tertiary/aromatic N) is 2. The zero-order valence-corrected chi connectivity index (χ0v) is 23.3. The normalized spacial score (nSPS) is 11.9. The number of phenols is 2. The van der Waals surface area contributed by atoms with Gasteiger partial charge in [0.25, 0.3) is 0 Å². The maximum absolute atomic E-state index is 13.6. The Bertz CT molecular complexity index is 2020. The molecular formula is C33H32N2O5. The number of aromatic nitrogens is 1. The van der Waals surface area contributed by atoms with Crippen molar-refractivity contribution in [2.24, 2.45) is 0 Å². The third kappa shape index (κ3) is 4.14. The quantitative estimate of drug-likeness (QED) is 0.182. The second kappa shape index (κ2) is 9.61. The topological polar surface area (TPSA) is 87.6 Å². The van der Waals surface area contributed by atoms with Crippen molar-refractivity contribution in [2.45, 2.75) is 27.2 Å². The average molecular weight is 537 g/mol. The van der Waals surface area contributed by atoms with Gasteiger partial charge in [-0.2, -0.15) is 0 Å². The monoisotopic (exact) mass is 536 g/mol. The highest BCUT2D eigenvalue weighted by atomic mass is 16.5. The molecule has 0 atom stereocenters. The van der Waals surface area contributed by atoms with Crippen LogP contribution in [-0.2, 0) is 0 Å². The summed E-state index contributed by atoms with van der Waals surface area (Å²) in [6.45, 7) is 7.17. The maximum atomic E-state index is 13.6. The number of ether oxygens (including phenoxy) is 1. The van der Waals surface area contributed by atoms with Crippen molar-refractivity contribution < 1.29 is 19.4 Å². The highest BCUT2D eigenvalue weighted by Crippen LogP contribution is 2.43. The average Bonchev–Trinajstić information content (AvgIpc) is 3.26. The molecule has 6 aromatic rings. The van der Waals surface area contributed by atoms with Gasteiger partial charge < -0.3 is 28.7 Å². The lowest BCUT2D eigenvalue weighted by Crippen LogP contribution is -2.15. The van der Waals surface area contributed by atoms with Gasteiger partial charge in [-0.25, -0.2) is 4.79 Å². The molecule has 0 saturated heterocycles. The van der Waals surface area contributed by atoms with Crippen molar-refractivity contribution in [1.29, 1.82) is 0 Å². The van der Waals surface area contributed by atoms with Crippen LogP contribution in [0.5, 0.6) is 17.2 Å². The van der Waals surface area contributed by atoms with Gasteiger partial charge in [0, 0.05) is 40.5 Å². The van der Waals surface area contributed by atoms with E-state index >= 15 is 0 Å². The first-order chi connectivity index (χ1) is 19.1. The van der Waals surface area contributed by atoms with E-state index in [1.807, 2.05) is 75.8 Å². The molecule has 0 aliphatic rings. The molecule has 0 bridgehead atoms. The highest BCUT2D eigenvalue weighted by Gasteiger charge is 2.23. The van der Waals surface area contributed by atoms with Crippen LogP contribution in [0.2, 0.25) is 0 Å². The number of phenolic OH excluding ortho intramolecular Hbond substituents is 2. The summed E-state index contributed by atoms with van der Waals surface area (Å²) in [5, 5.41) is 24.4. The summed E-state index contributed by atoms with van der Waals surface area (Å²) in [4.78, 5) is 15.8. The van der Waals surface area contributed by atoms with Gasteiger partial charge in [0.15, 0.2) is 0 Å². The second-order valence-corrected chi connectivity index (χ2v) is 10.9. The fourth-order valence-corrected chi connectivity index (χ4v) is 5.54. The fourth-order valence-electron chi connectivity index (χ4n) is 5.54. The third-order valence-electron chi connectivity index (χ3n) is 7.68. The molecule has 3 aromatic heterocycles. The molecule has 0 unspecified atom stereocenters. The number of hydrogen-bond donors (Lipinski definition) is 2. The van der Waals surface area contributed by atoms with Gasteiger partial charge in [-0.1, -0.05) is 12.1 Å². The van der Waals surface area contributed by atoms with Gasteiger partial charge in [0.1, 0.15) is 28.3 Å². The molecule has 40 heavy (non-hydrogen) atoms. The minimum Gasteiger partial charge on any atom is -0.508 e. The van der Waals surface area contributed by atoms with Gasteiger partial charge in [-0.05, 0) is 99.3 Å².